The molecule has 0 saturated carbocycles. The highest BCUT2D eigenvalue weighted by molar-refractivity contribution is 6.32. The van der Waals surface area contributed by atoms with Crippen molar-refractivity contribution in [1.29, 1.82) is 0 Å². The highest BCUT2D eigenvalue weighted by Crippen LogP contribution is 2.21. The molecule has 2 aromatic rings. The van der Waals surface area contributed by atoms with E-state index in [1.807, 2.05) is 19.1 Å². The van der Waals surface area contributed by atoms with Crippen molar-refractivity contribution < 1.29 is 4.42 Å². The van der Waals surface area contributed by atoms with E-state index in [0.717, 1.165) is 17.0 Å². The van der Waals surface area contributed by atoms with Crippen molar-refractivity contribution in [3.63, 3.8) is 0 Å². The number of anilines is 1. The number of furan rings is 1. The number of aryl methyl sites for hydroxylation is 1. The summed E-state index contributed by atoms with van der Waals surface area (Å²) in [7, 11) is 0. The molecule has 0 spiro atoms. The van der Waals surface area contributed by atoms with Gasteiger partial charge in [0.2, 0.25) is 0 Å². The topological polar surface area (TPSA) is 38.1 Å². The molecule has 0 aliphatic rings. The Kier molecular flexibility index (Phi) is 3.36. The van der Waals surface area contributed by atoms with E-state index in [1.54, 1.807) is 12.3 Å². The molecule has 2 aromatic heterocycles. The summed E-state index contributed by atoms with van der Waals surface area (Å²) in [6.45, 7) is 2.48. The molecule has 5 heteroatoms. The first kappa shape index (κ1) is 11.3. The quantitative estimate of drug-likeness (QED) is 0.847. The SMILES string of the molecule is Cc1cnc(Cl)c(NCc2ccc(Cl)o2)c1. The minimum atomic E-state index is 0.380. The van der Waals surface area contributed by atoms with Crippen molar-refractivity contribution >= 4 is 28.9 Å². The Hall–Kier alpha value is -1.19. The lowest BCUT2D eigenvalue weighted by Gasteiger charge is -2.06. The molecular formula is C11H10Cl2N2O. The number of rotatable bonds is 3. The Morgan fingerprint density at radius 1 is 1.38 bits per heavy atom. The predicted molar refractivity (Wildman–Crippen MR) is 65.0 cm³/mol. The van der Waals surface area contributed by atoms with Crippen molar-refractivity contribution in [3.05, 3.63) is 46.1 Å². The smallest absolute Gasteiger partial charge is 0.193 e. The maximum Gasteiger partial charge on any atom is 0.193 e. The van der Waals surface area contributed by atoms with Gasteiger partial charge in [0.1, 0.15) is 5.76 Å². The molecule has 0 aliphatic carbocycles. The number of aromatic nitrogens is 1. The van der Waals surface area contributed by atoms with Crippen molar-refractivity contribution in [2.24, 2.45) is 0 Å². The molecule has 0 atom stereocenters. The minimum Gasteiger partial charge on any atom is -0.448 e. The summed E-state index contributed by atoms with van der Waals surface area (Å²) in [4.78, 5) is 4.04. The van der Waals surface area contributed by atoms with E-state index in [4.69, 9.17) is 27.6 Å². The molecule has 0 aromatic carbocycles. The van der Waals surface area contributed by atoms with Crippen LogP contribution in [0.2, 0.25) is 10.4 Å². The molecule has 0 radical (unpaired) electrons. The van der Waals surface area contributed by atoms with Crippen LogP contribution in [-0.4, -0.2) is 4.98 Å². The van der Waals surface area contributed by atoms with E-state index < -0.39 is 0 Å². The zero-order valence-corrected chi connectivity index (χ0v) is 10.1. The molecule has 3 nitrogen and oxygen atoms in total. The zero-order chi connectivity index (χ0) is 11.5. The van der Waals surface area contributed by atoms with Gasteiger partial charge in [0.25, 0.3) is 0 Å². The van der Waals surface area contributed by atoms with Crippen LogP contribution in [-0.2, 0) is 6.54 Å². The third-order valence-electron chi connectivity index (χ3n) is 2.06. The van der Waals surface area contributed by atoms with E-state index in [-0.39, 0.29) is 0 Å². The van der Waals surface area contributed by atoms with Crippen LogP contribution in [0.15, 0.2) is 28.8 Å². The fourth-order valence-electron chi connectivity index (χ4n) is 1.31. The monoisotopic (exact) mass is 256 g/mol. The average Bonchev–Trinajstić information content (AvgIpc) is 2.66. The Balaban J connectivity index is 2.07. The lowest BCUT2D eigenvalue weighted by Crippen LogP contribution is -2.00. The molecule has 16 heavy (non-hydrogen) atoms. The maximum absolute atomic E-state index is 5.94. The summed E-state index contributed by atoms with van der Waals surface area (Å²) in [5, 5.41) is 3.96. The van der Waals surface area contributed by atoms with Gasteiger partial charge in [0.15, 0.2) is 10.4 Å². The Morgan fingerprint density at radius 3 is 2.88 bits per heavy atom. The van der Waals surface area contributed by atoms with Crippen LogP contribution in [0.3, 0.4) is 0 Å². The first-order valence-electron chi connectivity index (χ1n) is 4.75. The molecule has 1 N–H and O–H groups in total. The van der Waals surface area contributed by atoms with Crippen LogP contribution < -0.4 is 5.32 Å². The first-order chi connectivity index (χ1) is 7.65. The van der Waals surface area contributed by atoms with Gasteiger partial charge >= 0.3 is 0 Å². The molecule has 0 amide bonds. The third-order valence-corrected chi connectivity index (χ3v) is 2.56. The Labute approximate surface area is 103 Å². The minimum absolute atomic E-state index is 0.380. The highest BCUT2D eigenvalue weighted by Gasteiger charge is 2.03. The second-order valence-electron chi connectivity index (χ2n) is 3.41. The molecule has 84 valence electrons. The Morgan fingerprint density at radius 2 is 2.19 bits per heavy atom. The van der Waals surface area contributed by atoms with E-state index in [0.29, 0.717) is 16.9 Å². The molecule has 0 aliphatic heterocycles. The van der Waals surface area contributed by atoms with Gasteiger partial charge in [-0.2, -0.15) is 0 Å². The van der Waals surface area contributed by atoms with E-state index in [2.05, 4.69) is 10.3 Å². The van der Waals surface area contributed by atoms with Crippen LogP contribution in [0.4, 0.5) is 5.69 Å². The van der Waals surface area contributed by atoms with Gasteiger partial charge in [-0.25, -0.2) is 4.98 Å². The summed E-state index contributed by atoms with van der Waals surface area (Å²) in [5.41, 5.74) is 1.83. The first-order valence-corrected chi connectivity index (χ1v) is 5.51. The van der Waals surface area contributed by atoms with Crippen molar-refractivity contribution in [3.8, 4) is 0 Å². The molecule has 0 fully saturated rings. The summed E-state index contributed by atoms with van der Waals surface area (Å²) in [5.74, 6) is 0.752. The predicted octanol–water partition coefficient (Wildman–Crippen LogP) is 3.90. The van der Waals surface area contributed by atoms with E-state index >= 15 is 0 Å². The van der Waals surface area contributed by atoms with Crippen molar-refractivity contribution in [2.75, 3.05) is 5.32 Å². The van der Waals surface area contributed by atoms with E-state index in [9.17, 15) is 0 Å². The lowest BCUT2D eigenvalue weighted by molar-refractivity contribution is 0.520. The van der Waals surface area contributed by atoms with Crippen LogP contribution in [0.1, 0.15) is 11.3 Å². The van der Waals surface area contributed by atoms with Gasteiger partial charge in [-0.3, -0.25) is 0 Å². The maximum atomic E-state index is 5.94. The van der Waals surface area contributed by atoms with Gasteiger partial charge in [-0.1, -0.05) is 11.6 Å². The Bertz CT molecular complexity index is 496. The zero-order valence-electron chi connectivity index (χ0n) is 8.63. The molecule has 0 bridgehead atoms. The standard InChI is InChI=1S/C11H10Cl2N2O/c1-7-4-9(11(13)15-5-7)14-6-8-2-3-10(12)16-8/h2-5,14H,6H2,1H3. The summed E-state index contributed by atoms with van der Waals surface area (Å²) in [6.07, 6.45) is 1.72. The number of hydrogen-bond acceptors (Lipinski definition) is 3. The third kappa shape index (κ3) is 2.68. The number of nitrogens with zero attached hydrogens (tertiary/aromatic N) is 1. The lowest BCUT2D eigenvalue weighted by atomic mass is 10.3. The molecule has 0 saturated heterocycles. The molecule has 0 unspecified atom stereocenters. The number of hydrogen-bond donors (Lipinski definition) is 1. The van der Waals surface area contributed by atoms with Crippen LogP contribution in [0, 0.1) is 6.92 Å². The largest absolute Gasteiger partial charge is 0.448 e. The van der Waals surface area contributed by atoms with E-state index in [1.165, 1.54) is 0 Å². The van der Waals surface area contributed by atoms with Crippen molar-refractivity contribution in [2.45, 2.75) is 13.5 Å². The number of halogens is 2. The number of nitrogens with one attached hydrogen (secondary N) is 1. The number of pyridine rings is 1. The second-order valence-corrected chi connectivity index (χ2v) is 4.14. The average molecular weight is 257 g/mol. The highest BCUT2D eigenvalue weighted by atomic mass is 35.5. The van der Waals surface area contributed by atoms with Gasteiger partial charge < -0.3 is 9.73 Å². The molecule has 2 heterocycles. The normalized spacial score (nSPS) is 10.4. The van der Waals surface area contributed by atoms with Crippen molar-refractivity contribution in [1.82, 2.24) is 4.98 Å². The fraction of sp³-hybridized carbons (Fsp3) is 0.182. The summed E-state index contributed by atoms with van der Waals surface area (Å²) < 4.78 is 5.21. The van der Waals surface area contributed by atoms with Gasteiger partial charge in [-0.15, -0.1) is 0 Å². The molecular weight excluding hydrogens is 247 g/mol. The van der Waals surface area contributed by atoms with Gasteiger partial charge in [0.05, 0.1) is 12.2 Å². The van der Waals surface area contributed by atoms with Crippen LogP contribution >= 0.6 is 23.2 Å². The van der Waals surface area contributed by atoms with Crippen LogP contribution in [0.25, 0.3) is 0 Å². The summed E-state index contributed by atoms with van der Waals surface area (Å²) >= 11 is 11.6. The molecule has 2 rings (SSSR count). The fourth-order valence-corrected chi connectivity index (χ4v) is 1.64. The summed E-state index contributed by atoms with van der Waals surface area (Å²) in [6, 6.07) is 5.45. The second kappa shape index (κ2) is 4.76. The van der Waals surface area contributed by atoms with Gasteiger partial charge in [-0.05, 0) is 42.3 Å². The van der Waals surface area contributed by atoms with Gasteiger partial charge in [0, 0.05) is 6.20 Å². The van der Waals surface area contributed by atoms with Crippen LogP contribution in [0.5, 0.6) is 0 Å².